The highest BCUT2D eigenvalue weighted by molar-refractivity contribution is 7.13. The largest absolute Gasteiger partial charge is 0.332 e. The Balaban J connectivity index is 2.50. The Morgan fingerprint density at radius 3 is 2.83 bits per heavy atom. The van der Waals surface area contributed by atoms with Crippen molar-refractivity contribution in [2.45, 2.75) is 6.92 Å². The van der Waals surface area contributed by atoms with Gasteiger partial charge < -0.3 is 4.57 Å². The summed E-state index contributed by atoms with van der Waals surface area (Å²) in [6, 6.07) is 0. The zero-order chi connectivity index (χ0) is 8.55. The van der Waals surface area contributed by atoms with Crippen molar-refractivity contribution in [1.29, 1.82) is 0 Å². The summed E-state index contributed by atoms with van der Waals surface area (Å²) in [5, 5.41) is 3.08. The van der Waals surface area contributed by atoms with Gasteiger partial charge in [-0.05, 0) is 6.92 Å². The highest BCUT2D eigenvalue weighted by Gasteiger charge is 2.05. The molecule has 0 saturated heterocycles. The van der Waals surface area contributed by atoms with Gasteiger partial charge in [0.15, 0.2) is 0 Å². The summed E-state index contributed by atoms with van der Waals surface area (Å²) in [5.74, 6) is 0. The van der Waals surface area contributed by atoms with E-state index in [1.54, 1.807) is 17.7 Å². The lowest BCUT2D eigenvalue weighted by molar-refractivity contribution is 0.919. The predicted octanol–water partition coefficient (Wildman–Crippen LogP) is 1.85. The van der Waals surface area contributed by atoms with Crippen molar-refractivity contribution in [3.8, 4) is 10.7 Å². The van der Waals surface area contributed by atoms with E-state index in [1.807, 2.05) is 30.1 Å². The van der Waals surface area contributed by atoms with Crippen LogP contribution in [0.4, 0.5) is 0 Å². The van der Waals surface area contributed by atoms with Crippen molar-refractivity contribution in [3.63, 3.8) is 0 Å². The summed E-state index contributed by atoms with van der Waals surface area (Å²) in [4.78, 5) is 8.41. The molecule has 0 bridgehead atoms. The first-order valence-electron chi connectivity index (χ1n) is 3.66. The van der Waals surface area contributed by atoms with Crippen LogP contribution in [-0.4, -0.2) is 14.5 Å². The quantitative estimate of drug-likeness (QED) is 0.669. The van der Waals surface area contributed by atoms with Crippen LogP contribution in [0.2, 0.25) is 0 Å². The molecule has 0 radical (unpaired) electrons. The first-order chi connectivity index (χ1) is 5.77. The molecule has 2 heterocycles. The fourth-order valence-corrected chi connectivity index (χ4v) is 1.88. The van der Waals surface area contributed by atoms with Crippen LogP contribution in [0.1, 0.15) is 5.69 Å². The Hall–Kier alpha value is -1.16. The number of thiazole rings is 1. The third-order valence-electron chi connectivity index (χ3n) is 1.65. The molecule has 0 amide bonds. The van der Waals surface area contributed by atoms with Gasteiger partial charge in [-0.25, -0.2) is 9.97 Å². The average molecular weight is 179 g/mol. The lowest BCUT2D eigenvalue weighted by Crippen LogP contribution is -1.88. The second kappa shape index (κ2) is 2.71. The molecule has 0 aliphatic rings. The molecule has 0 aliphatic carbocycles. The van der Waals surface area contributed by atoms with Gasteiger partial charge in [0.05, 0.1) is 18.2 Å². The molecular formula is C8H9N3S. The second-order valence-electron chi connectivity index (χ2n) is 2.68. The molecule has 0 aliphatic heterocycles. The zero-order valence-corrected chi connectivity index (χ0v) is 7.80. The standard InChI is InChI=1S/C8H9N3S/c1-6-4-12-8(10-6)7-3-9-5-11(7)2/h3-5H,1-2H3. The molecule has 2 aromatic heterocycles. The maximum Gasteiger partial charge on any atom is 0.141 e. The Bertz CT molecular complexity index is 388. The molecule has 3 nitrogen and oxygen atoms in total. The highest BCUT2D eigenvalue weighted by atomic mass is 32.1. The monoisotopic (exact) mass is 179 g/mol. The van der Waals surface area contributed by atoms with Crippen molar-refractivity contribution in [3.05, 3.63) is 23.6 Å². The Kier molecular flexibility index (Phi) is 1.69. The molecule has 0 aromatic carbocycles. The van der Waals surface area contributed by atoms with E-state index in [-0.39, 0.29) is 0 Å². The van der Waals surface area contributed by atoms with Crippen molar-refractivity contribution in [2.75, 3.05) is 0 Å². The first kappa shape index (κ1) is 7.49. The van der Waals surface area contributed by atoms with E-state index in [2.05, 4.69) is 9.97 Å². The van der Waals surface area contributed by atoms with Gasteiger partial charge >= 0.3 is 0 Å². The van der Waals surface area contributed by atoms with Gasteiger partial charge in [-0.1, -0.05) is 0 Å². The lowest BCUT2D eigenvalue weighted by Gasteiger charge is -1.94. The molecule has 0 saturated carbocycles. The minimum absolute atomic E-state index is 1.03. The maximum atomic E-state index is 4.37. The van der Waals surface area contributed by atoms with E-state index in [4.69, 9.17) is 0 Å². The molecule has 62 valence electrons. The van der Waals surface area contributed by atoms with Crippen LogP contribution in [0.25, 0.3) is 10.7 Å². The minimum atomic E-state index is 1.03. The summed E-state index contributed by atoms with van der Waals surface area (Å²) in [6.45, 7) is 2.00. The molecule has 2 rings (SSSR count). The van der Waals surface area contributed by atoms with E-state index < -0.39 is 0 Å². The van der Waals surface area contributed by atoms with Crippen molar-refractivity contribution >= 4 is 11.3 Å². The number of rotatable bonds is 1. The topological polar surface area (TPSA) is 30.7 Å². The molecule has 4 heteroatoms. The van der Waals surface area contributed by atoms with E-state index in [1.165, 1.54) is 0 Å². The Morgan fingerprint density at radius 2 is 2.33 bits per heavy atom. The van der Waals surface area contributed by atoms with Gasteiger partial charge in [-0.15, -0.1) is 11.3 Å². The van der Waals surface area contributed by atoms with Gasteiger partial charge in [-0.2, -0.15) is 0 Å². The van der Waals surface area contributed by atoms with Crippen LogP contribution in [-0.2, 0) is 7.05 Å². The number of aromatic nitrogens is 3. The van der Waals surface area contributed by atoms with Gasteiger partial charge in [0.1, 0.15) is 5.01 Å². The van der Waals surface area contributed by atoms with E-state index >= 15 is 0 Å². The normalized spacial score (nSPS) is 10.5. The van der Waals surface area contributed by atoms with Crippen LogP contribution >= 0.6 is 11.3 Å². The molecule has 12 heavy (non-hydrogen) atoms. The molecule has 0 atom stereocenters. The predicted molar refractivity (Wildman–Crippen MR) is 49.1 cm³/mol. The maximum absolute atomic E-state index is 4.37. The fourth-order valence-electron chi connectivity index (χ4n) is 1.03. The number of hydrogen-bond donors (Lipinski definition) is 0. The number of imidazole rings is 1. The lowest BCUT2D eigenvalue weighted by atomic mass is 10.5. The van der Waals surface area contributed by atoms with Crippen LogP contribution in [0.15, 0.2) is 17.9 Å². The van der Waals surface area contributed by atoms with Gasteiger partial charge in [0.2, 0.25) is 0 Å². The molecular weight excluding hydrogens is 170 g/mol. The Labute approximate surface area is 74.7 Å². The fraction of sp³-hybridized carbons (Fsp3) is 0.250. The van der Waals surface area contributed by atoms with E-state index in [0.717, 1.165) is 16.4 Å². The van der Waals surface area contributed by atoms with Gasteiger partial charge in [0, 0.05) is 18.1 Å². The van der Waals surface area contributed by atoms with Crippen LogP contribution in [0.5, 0.6) is 0 Å². The van der Waals surface area contributed by atoms with Crippen molar-refractivity contribution < 1.29 is 0 Å². The van der Waals surface area contributed by atoms with E-state index in [0.29, 0.717) is 0 Å². The SMILES string of the molecule is Cc1csc(-c2cncn2C)n1. The van der Waals surface area contributed by atoms with Crippen LogP contribution in [0.3, 0.4) is 0 Å². The van der Waals surface area contributed by atoms with Crippen molar-refractivity contribution in [2.24, 2.45) is 7.05 Å². The zero-order valence-electron chi connectivity index (χ0n) is 6.98. The summed E-state index contributed by atoms with van der Waals surface area (Å²) in [7, 11) is 1.97. The summed E-state index contributed by atoms with van der Waals surface area (Å²) >= 11 is 1.65. The van der Waals surface area contributed by atoms with Crippen LogP contribution in [0, 0.1) is 6.92 Å². The third-order valence-corrected chi connectivity index (χ3v) is 2.64. The second-order valence-corrected chi connectivity index (χ2v) is 3.54. The number of hydrogen-bond acceptors (Lipinski definition) is 3. The third kappa shape index (κ3) is 1.14. The molecule has 0 fully saturated rings. The minimum Gasteiger partial charge on any atom is -0.332 e. The highest BCUT2D eigenvalue weighted by Crippen LogP contribution is 2.21. The summed E-state index contributed by atoms with van der Waals surface area (Å²) in [5.41, 5.74) is 2.14. The molecule has 2 aromatic rings. The molecule has 0 unspecified atom stereocenters. The Morgan fingerprint density at radius 1 is 1.50 bits per heavy atom. The first-order valence-corrected chi connectivity index (χ1v) is 4.54. The smallest absolute Gasteiger partial charge is 0.141 e. The molecule has 0 spiro atoms. The summed E-state index contributed by atoms with van der Waals surface area (Å²) < 4.78 is 1.97. The summed E-state index contributed by atoms with van der Waals surface area (Å²) in [6.07, 6.45) is 3.62. The van der Waals surface area contributed by atoms with Gasteiger partial charge in [0.25, 0.3) is 0 Å². The average Bonchev–Trinajstić information content (AvgIpc) is 2.58. The van der Waals surface area contributed by atoms with Crippen molar-refractivity contribution in [1.82, 2.24) is 14.5 Å². The number of nitrogens with zero attached hydrogens (tertiary/aromatic N) is 3. The van der Waals surface area contributed by atoms with Gasteiger partial charge in [-0.3, -0.25) is 0 Å². The van der Waals surface area contributed by atoms with E-state index in [9.17, 15) is 0 Å². The molecule has 0 N–H and O–H groups in total. The van der Waals surface area contributed by atoms with Crippen LogP contribution < -0.4 is 0 Å². The number of aryl methyl sites for hydroxylation is 2.